The lowest BCUT2D eigenvalue weighted by Gasteiger charge is -2.20. The molecule has 4 rings (SSSR count). The number of ether oxygens (including phenoxy) is 1. The first-order chi connectivity index (χ1) is 13.3. The molecule has 4 aromatic rings. The Balaban J connectivity index is 1.96. The molecule has 3 heterocycles. The van der Waals surface area contributed by atoms with E-state index in [0.29, 0.717) is 12.1 Å². The smallest absolute Gasteiger partial charge is 0.275 e. The maximum atomic E-state index is 13.3. The summed E-state index contributed by atoms with van der Waals surface area (Å²) in [6.07, 6.45) is 3.89. The summed E-state index contributed by atoms with van der Waals surface area (Å²) in [7, 11) is -0.0607. The summed E-state index contributed by atoms with van der Waals surface area (Å²) in [4.78, 5) is 21.1. The van der Waals surface area contributed by atoms with Crippen LogP contribution >= 0.6 is 22.6 Å². The third-order valence-corrected chi connectivity index (χ3v) is 7.55. The van der Waals surface area contributed by atoms with E-state index in [1.807, 2.05) is 35.0 Å². The molecule has 1 aromatic carbocycles. The van der Waals surface area contributed by atoms with E-state index in [4.69, 9.17) is 4.74 Å². The van der Waals surface area contributed by atoms with Gasteiger partial charge in [-0.1, -0.05) is 31.8 Å². The Labute approximate surface area is 177 Å². The third-order valence-electron chi connectivity index (χ3n) is 4.97. The van der Waals surface area contributed by atoms with Crippen LogP contribution in [0, 0.1) is 3.57 Å². The standard InChI is InChI=1S/C21H22IN3O2Si/c1-27-15-7-5-13(6-8-15)11-25-12-17(28(2,3)4)18-16-9-14(22)10-23-20(16)24-19(18)21(25)26/h5-10,12H,11H2,1-4H3,(H,23,24). The first kappa shape index (κ1) is 19.2. The van der Waals surface area contributed by atoms with Gasteiger partial charge in [0.05, 0.1) is 21.7 Å². The number of nitrogens with one attached hydrogen (secondary N) is 1. The summed E-state index contributed by atoms with van der Waals surface area (Å²) < 4.78 is 8.11. The van der Waals surface area contributed by atoms with Gasteiger partial charge in [0.15, 0.2) is 0 Å². The van der Waals surface area contributed by atoms with E-state index in [1.54, 1.807) is 7.11 Å². The van der Waals surface area contributed by atoms with Crippen molar-refractivity contribution < 1.29 is 4.74 Å². The van der Waals surface area contributed by atoms with Crippen molar-refractivity contribution in [2.24, 2.45) is 0 Å². The molecule has 3 aromatic heterocycles. The van der Waals surface area contributed by atoms with Crippen LogP contribution in [-0.4, -0.2) is 29.7 Å². The van der Waals surface area contributed by atoms with Crippen molar-refractivity contribution in [2.45, 2.75) is 26.2 Å². The largest absolute Gasteiger partial charge is 0.497 e. The van der Waals surface area contributed by atoms with Gasteiger partial charge in [0.25, 0.3) is 5.56 Å². The van der Waals surface area contributed by atoms with Gasteiger partial charge in [-0.05, 0) is 51.5 Å². The molecule has 28 heavy (non-hydrogen) atoms. The first-order valence-corrected chi connectivity index (χ1v) is 13.7. The molecule has 0 saturated carbocycles. The number of nitrogens with zero attached hydrogens (tertiary/aromatic N) is 2. The van der Waals surface area contributed by atoms with Crippen molar-refractivity contribution in [2.75, 3.05) is 7.11 Å². The summed E-state index contributed by atoms with van der Waals surface area (Å²) in [6, 6.07) is 9.95. The average molecular weight is 503 g/mol. The van der Waals surface area contributed by atoms with Crippen molar-refractivity contribution in [3.05, 3.63) is 62.2 Å². The highest BCUT2D eigenvalue weighted by atomic mass is 127. The van der Waals surface area contributed by atoms with Crippen LogP contribution in [0.25, 0.3) is 21.9 Å². The molecule has 0 unspecified atom stereocenters. The second-order valence-electron chi connectivity index (χ2n) is 8.00. The van der Waals surface area contributed by atoms with Crippen LogP contribution in [0.2, 0.25) is 19.6 Å². The predicted octanol–water partition coefficient (Wildman–Crippen LogP) is 4.08. The van der Waals surface area contributed by atoms with Crippen LogP contribution in [0.3, 0.4) is 0 Å². The molecular weight excluding hydrogens is 481 g/mol. The molecule has 144 valence electrons. The fourth-order valence-electron chi connectivity index (χ4n) is 3.52. The molecule has 0 bridgehead atoms. The molecule has 0 radical (unpaired) electrons. The van der Waals surface area contributed by atoms with Crippen molar-refractivity contribution in [3.63, 3.8) is 0 Å². The van der Waals surface area contributed by atoms with Crippen LogP contribution in [0.15, 0.2) is 47.5 Å². The quantitative estimate of drug-likeness (QED) is 0.337. The summed E-state index contributed by atoms with van der Waals surface area (Å²) in [6.45, 7) is 7.45. The number of fused-ring (bicyclic) bond motifs is 3. The Kier molecular flexibility index (Phi) is 4.82. The Morgan fingerprint density at radius 2 is 1.93 bits per heavy atom. The van der Waals surface area contributed by atoms with Crippen LogP contribution in [0.1, 0.15) is 5.56 Å². The van der Waals surface area contributed by atoms with Gasteiger partial charge >= 0.3 is 0 Å². The van der Waals surface area contributed by atoms with E-state index < -0.39 is 8.07 Å². The van der Waals surface area contributed by atoms with Gasteiger partial charge in [0, 0.05) is 26.7 Å². The van der Waals surface area contributed by atoms with E-state index in [1.165, 1.54) is 5.19 Å². The van der Waals surface area contributed by atoms with Crippen LogP contribution in [0.5, 0.6) is 5.75 Å². The Hall–Kier alpha value is -2.13. The van der Waals surface area contributed by atoms with Gasteiger partial charge in [-0.2, -0.15) is 0 Å². The molecule has 0 aliphatic carbocycles. The highest BCUT2D eigenvalue weighted by Gasteiger charge is 2.25. The Morgan fingerprint density at radius 3 is 2.57 bits per heavy atom. The SMILES string of the molecule is COc1ccc(Cn2cc([Si](C)(C)C)c3c([nH]c4ncc(I)cc43)c2=O)cc1. The van der Waals surface area contributed by atoms with Crippen molar-refractivity contribution in [1.29, 1.82) is 0 Å². The van der Waals surface area contributed by atoms with Crippen molar-refractivity contribution in [3.8, 4) is 5.75 Å². The zero-order valence-electron chi connectivity index (χ0n) is 16.3. The highest BCUT2D eigenvalue weighted by Crippen LogP contribution is 2.24. The van der Waals surface area contributed by atoms with Gasteiger partial charge in [-0.25, -0.2) is 4.98 Å². The van der Waals surface area contributed by atoms with E-state index in [9.17, 15) is 4.79 Å². The van der Waals surface area contributed by atoms with E-state index >= 15 is 0 Å². The number of hydrogen-bond donors (Lipinski definition) is 1. The van der Waals surface area contributed by atoms with Gasteiger partial charge in [0.2, 0.25) is 0 Å². The number of aromatic amines is 1. The minimum absolute atomic E-state index is 0.0131. The minimum atomic E-state index is -1.71. The number of aromatic nitrogens is 3. The summed E-state index contributed by atoms with van der Waals surface area (Å²) in [5, 5.41) is 3.34. The third kappa shape index (κ3) is 3.37. The second-order valence-corrected chi connectivity index (χ2v) is 14.3. The lowest BCUT2D eigenvalue weighted by atomic mass is 10.2. The molecule has 0 aliphatic rings. The normalized spacial score (nSPS) is 12.0. The average Bonchev–Trinajstić information content (AvgIpc) is 3.02. The molecule has 0 fully saturated rings. The zero-order valence-corrected chi connectivity index (χ0v) is 19.5. The van der Waals surface area contributed by atoms with Crippen LogP contribution in [0.4, 0.5) is 0 Å². The molecule has 0 amide bonds. The fourth-order valence-corrected chi connectivity index (χ4v) is 5.53. The van der Waals surface area contributed by atoms with Crippen molar-refractivity contribution in [1.82, 2.24) is 14.5 Å². The summed E-state index contributed by atoms with van der Waals surface area (Å²) >= 11 is 2.27. The summed E-state index contributed by atoms with van der Waals surface area (Å²) in [5.74, 6) is 0.811. The van der Waals surface area contributed by atoms with Gasteiger partial charge in [0.1, 0.15) is 16.9 Å². The summed E-state index contributed by atoms with van der Waals surface area (Å²) in [5.41, 5.74) is 2.47. The highest BCUT2D eigenvalue weighted by molar-refractivity contribution is 14.1. The molecule has 0 spiro atoms. The molecule has 0 atom stereocenters. The maximum absolute atomic E-state index is 13.3. The number of rotatable bonds is 4. The zero-order chi connectivity index (χ0) is 20.1. The molecule has 5 nitrogen and oxygen atoms in total. The number of hydrogen-bond acceptors (Lipinski definition) is 3. The Bertz CT molecular complexity index is 1240. The topological polar surface area (TPSA) is 59.9 Å². The lowest BCUT2D eigenvalue weighted by Crippen LogP contribution is -2.41. The molecule has 1 N–H and O–H groups in total. The monoisotopic (exact) mass is 503 g/mol. The van der Waals surface area contributed by atoms with E-state index in [0.717, 1.165) is 31.3 Å². The van der Waals surface area contributed by atoms with Gasteiger partial charge in [-0.3, -0.25) is 4.79 Å². The number of benzene rings is 1. The molecule has 0 saturated heterocycles. The molecular formula is C21H22IN3O2Si. The fraction of sp³-hybridized carbons (Fsp3) is 0.238. The van der Waals surface area contributed by atoms with Crippen LogP contribution < -0.4 is 15.5 Å². The number of methoxy groups -OCH3 is 1. The van der Waals surface area contributed by atoms with Gasteiger partial charge in [-0.15, -0.1) is 0 Å². The van der Waals surface area contributed by atoms with E-state index in [-0.39, 0.29) is 5.56 Å². The maximum Gasteiger partial charge on any atom is 0.275 e. The predicted molar refractivity (Wildman–Crippen MR) is 126 cm³/mol. The molecule has 0 aliphatic heterocycles. The van der Waals surface area contributed by atoms with Crippen LogP contribution in [-0.2, 0) is 6.54 Å². The number of halogens is 1. The van der Waals surface area contributed by atoms with Gasteiger partial charge < -0.3 is 14.3 Å². The Morgan fingerprint density at radius 1 is 1.21 bits per heavy atom. The van der Waals surface area contributed by atoms with E-state index in [2.05, 4.69) is 64.5 Å². The number of pyridine rings is 2. The first-order valence-electron chi connectivity index (χ1n) is 9.11. The molecule has 7 heteroatoms. The minimum Gasteiger partial charge on any atom is -0.497 e. The van der Waals surface area contributed by atoms with Crippen molar-refractivity contribution >= 4 is 57.8 Å². The second kappa shape index (κ2) is 7.04. The number of H-pyrrole nitrogens is 1. The lowest BCUT2D eigenvalue weighted by molar-refractivity contribution is 0.414.